The fourth-order valence-electron chi connectivity index (χ4n) is 2.80. The molecule has 1 heterocycles. The normalized spacial score (nSPS) is 19.7. The summed E-state index contributed by atoms with van der Waals surface area (Å²) in [6.45, 7) is 2.65. The minimum absolute atomic E-state index is 0. The van der Waals surface area contributed by atoms with Crippen LogP contribution in [0.25, 0.3) is 0 Å². The summed E-state index contributed by atoms with van der Waals surface area (Å²) in [5.41, 5.74) is 0.579. The summed E-state index contributed by atoms with van der Waals surface area (Å²) >= 11 is 0. The minimum Gasteiger partial charge on any atom is -0.497 e. The number of sulfone groups is 1. The van der Waals surface area contributed by atoms with Gasteiger partial charge in [0.1, 0.15) is 17.6 Å². The van der Waals surface area contributed by atoms with E-state index in [-0.39, 0.29) is 48.1 Å². The van der Waals surface area contributed by atoms with Crippen molar-refractivity contribution in [1.29, 1.82) is 0 Å². The van der Waals surface area contributed by atoms with E-state index in [0.29, 0.717) is 36.0 Å². The van der Waals surface area contributed by atoms with E-state index in [9.17, 15) is 13.5 Å². The van der Waals surface area contributed by atoms with Crippen molar-refractivity contribution in [3.8, 4) is 11.5 Å². The Morgan fingerprint density at radius 1 is 1.37 bits per heavy atom. The number of benzene rings is 1. The lowest BCUT2D eigenvalue weighted by molar-refractivity contribution is 0.182. The molecule has 2 unspecified atom stereocenters. The van der Waals surface area contributed by atoms with E-state index in [4.69, 9.17) is 9.47 Å². The summed E-state index contributed by atoms with van der Waals surface area (Å²) in [4.78, 5) is 4.39. The van der Waals surface area contributed by atoms with Crippen LogP contribution in [0.3, 0.4) is 0 Å². The lowest BCUT2D eigenvalue weighted by Gasteiger charge is -2.18. The molecule has 1 saturated heterocycles. The SMILES string of the molecule is CCNC(=NCC(O)c1cc(OC)ccc1OC)NC1CCS(=O)(=O)C1.I. The first-order valence-corrected chi connectivity index (χ1v) is 10.4. The van der Waals surface area contributed by atoms with Crippen LogP contribution >= 0.6 is 24.0 Å². The summed E-state index contributed by atoms with van der Waals surface area (Å²) in [6.07, 6.45) is -0.332. The fourth-order valence-corrected chi connectivity index (χ4v) is 4.47. The molecule has 1 aromatic rings. The summed E-state index contributed by atoms with van der Waals surface area (Å²) in [5.74, 6) is 1.94. The topological polar surface area (TPSA) is 109 Å². The molecule has 0 spiro atoms. The predicted octanol–water partition coefficient (Wildman–Crippen LogP) is 1.10. The van der Waals surface area contributed by atoms with Crippen LogP contribution in [0.2, 0.25) is 0 Å². The highest BCUT2D eigenvalue weighted by Gasteiger charge is 2.28. The number of nitrogens with one attached hydrogen (secondary N) is 2. The third-order valence-electron chi connectivity index (χ3n) is 4.14. The summed E-state index contributed by atoms with van der Waals surface area (Å²) in [7, 11) is 0.118. The molecule has 1 aliphatic heterocycles. The zero-order valence-corrected chi connectivity index (χ0v) is 18.9. The van der Waals surface area contributed by atoms with E-state index in [0.717, 1.165) is 0 Å². The van der Waals surface area contributed by atoms with E-state index < -0.39 is 15.9 Å². The second kappa shape index (κ2) is 10.9. The van der Waals surface area contributed by atoms with Crippen LogP contribution in [0.15, 0.2) is 23.2 Å². The van der Waals surface area contributed by atoms with Crippen LogP contribution in [0.5, 0.6) is 11.5 Å². The first-order valence-electron chi connectivity index (χ1n) is 8.53. The first kappa shape index (κ1) is 23.8. The van der Waals surface area contributed by atoms with Crippen molar-refractivity contribution >= 4 is 39.8 Å². The van der Waals surface area contributed by atoms with Crippen LogP contribution in [-0.2, 0) is 9.84 Å². The van der Waals surface area contributed by atoms with E-state index >= 15 is 0 Å². The molecule has 27 heavy (non-hydrogen) atoms. The molecule has 8 nitrogen and oxygen atoms in total. The molecule has 0 aromatic heterocycles. The molecule has 10 heteroatoms. The van der Waals surface area contributed by atoms with Gasteiger partial charge in [0.25, 0.3) is 0 Å². The monoisotopic (exact) mass is 513 g/mol. The Hall–Kier alpha value is -1.27. The molecule has 1 aromatic carbocycles. The number of ether oxygens (including phenoxy) is 2. The number of methoxy groups -OCH3 is 2. The van der Waals surface area contributed by atoms with Gasteiger partial charge in [0.15, 0.2) is 15.8 Å². The maximum Gasteiger partial charge on any atom is 0.191 e. The number of rotatable bonds is 7. The van der Waals surface area contributed by atoms with Gasteiger partial charge in [-0.1, -0.05) is 0 Å². The molecular weight excluding hydrogens is 485 g/mol. The number of halogens is 1. The number of aliphatic imine (C=N–C) groups is 1. The van der Waals surface area contributed by atoms with Crippen LogP contribution in [-0.4, -0.2) is 64.3 Å². The maximum absolute atomic E-state index is 11.6. The lowest BCUT2D eigenvalue weighted by atomic mass is 10.1. The number of guanidine groups is 1. The van der Waals surface area contributed by atoms with Gasteiger partial charge in [-0.3, -0.25) is 4.99 Å². The van der Waals surface area contributed by atoms with Gasteiger partial charge in [0.2, 0.25) is 0 Å². The van der Waals surface area contributed by atoms with E-state index in [1.165, 1.54) is 7.11 Å². The zero-order chi connectivity index (χ0) is 19.2. The summed E-state index contributed by atoms with van der Waals surface area (Å²) < 4.78 is 33.7. The minimum atomic E-state index is -2.97. The molecule has 154 valence electrons. The number of aliphatic hydroxyl groups excluding tert-OH is 1. The van der Waals surface area contributed by atoms with Gasteiger partial charge in [0, 0.05) is 18.2 Å². The van der Waals surface area contributed by atoms with E-state index in [1.807, 2.05) is 6.92 Å². The van der Waals surface area contributed by atoms with Crippen molar-refractivity contribution in [2.45, 2.75) is 25.5 Å². The van der Waals surface area contributed by atoms with E-state index in [1.54, 1.807) is 25.3 Å². The molecule has 1 aliphatic rings. The molecule has 0 amide bonds. The van der Waals surface area contributed by atoms with Gasteiger partial charge in [0.05, 0.1) is 32.3 Å². The van der Waals surface area contributed by atoms with Crippen molar-refractivity contribution in [2.75, 3.05) is 38.8 Å². The largest absolute Gasteiger partial charge is 0.497 e. The van der Waals surface area contributed by atoms with Crippen molar-refractivity contribution < 1.29 is 23.0 Å². The predicted molar refractivity (Wildman–Crippen MR) is 116 cm³/mol. The lowest BCUT2D eigenvalue weighted by Crippen LogP contribution is -2.44. The van der Waals surface area contributed by atoms with Gasteiger partial charge in [-0.2, -0.15) is 0 Å². The number of hydrogen-bond donors (Lipinski definition) is 3. The third-order valence-corrected chi connectivity index (χ3v) is 5.90. The highest BCUT2D eigenvalue weighted by molar-refractivity contribution is 14.0. The second-order valence-electron chi connectivity index (χ2n) is 6.09. The highest BCUT2D eigenvalue weighted by atomic mass is 127. The molecule has 0 saturated carbocycles. The third kappa shape index (κ3) is 7.00. The molecule has 0 bridgehead atoms. The van der Waals surface area contributed by atoms with Crippen LogP contribution in [0.1, 0.15) is 25.0 Å². The average molecular weight is 513 g/mol. The molecule has 2 atom stereocenters. The van der Waals surface area contributed by atoms with Crippen molar-refractivity contribution in [2.24, 2.45) is 4.99 Å². The Morgan fingerprint density at radius 3 is 2.67 bits per heavy atom. The Labute approximate surface area is 177 Å². The molecule has 1 fully saturated rings. The van der Waals surface area contributed by atoms with Gasteiger partial charge >= 0.3 is 0 Å². The van der Waals surface area contributed by atoms with Crippen molar-refractivity contribution in [3.05, 3.63) is 23.8 Å². The molecule has 3 N–H and O–H groups in total. The average Bonchev–Trinajstić information content (AvgIpc) is 2.97. The second-order valence-corrected chi connectivity index (χ2v) is 8.32. The fraction of sp³-hybridized carbons (Fsp3) is 0.588. The molecule has 2 rings (SSSR count). The first-order chi connectivity index (χ1) is 12.4. The Balaban J connectivity index is 0.00000364. The zero-order valence-electron chi connectivity index (χ0n) is 15.8. The molecule has 0 aliphatic carbocycles. The number of nitrogens with zero attached hydrogens (tertiary/aromatic N) is 1. The molecule has 0 radical (unpaired) electrons. The van der Waals surface area contributed by atoms with Crippen molar-refractivity contribution in [3.63, 3.8) is 0 Å². The van der Waals surface area contributed by atoms with Crippen LogP contribution in [0, 0.1) is 0 Å². The summed E-state index contributed by atoms with van der Waals surface area (Å²) in [5, 5.41) is 16.7. The van der Waals surface area contributed by atoms with Gasteiger partial charge < -0.3 is 25.2 Å². The standard InChI is InChI=1S/C17H27N3O5S.HI/c1-4-18-17(20-12-7-8-26(22,23)11-12)19-10-15(21)14-9-13(24-2)5-6-16(14)25-3;/h5-6,9,12,15,21H,4,7-8,10-11H2,1-3H3,(H2,18,19,20);1H. The smallest absolute Gasteiger partial charge is 0.191 e. The van der Waals surface area contributed by atoms with Crippen LogP contribution < -0.4 is 20.1 Å². The Kier molecular flexibility index (Phi) is 9.60. The molecular formula is C17H28IN3O5S. The summed E-state index contributed by atoms with van der Waals surface area (Å²) in [6, 6.07) is 5.03. The Morgan fingerprint density at radius 2 is 2.11 bits per heavy atom. The highest BCUT2D eigenvalue weighted by Crippen LogP contribution is 2.29. The van der Waals surface area contributed by atoms with Gasteiger partial charge in [-0.15, -0.1) is 24.0 Å². The van der Waals surface area contributed by atoms with E-state index in [2.05, 4.69) is 15.6 Å². The van der Waals surface area contributed by atoms with Crippen molar-refractivity contribution in [1.82, 2.24) is 10.6 Å². The van der Waals surface area contributed by atoms with Gasteiger partial charge in [-0.05, 0) is 31.5 Å². The van der Waals surface area contributed by atoms with Gasteiger partial charge in [-0.25, -0.2) is 8.42 Å². The van der Waals surface area contributed by atoms with Crippen LogP contribution in [0.4, 0.5) is 0 Å². The Bertz CT molecular complexity index is 742. The number of hydrogen-bond acceptors (Lipinski definition) is 6. The number of aliphatic hydroxyl groups is 1. The maximum atomic E-state index is 11.6. The quantitative estimate of drug-likeness (QED) is 0.285.